The van der Waals surface area contributed by atoms with E-state index < -0.39 is 21.0 Å². The molecule has 0 aliphatic rings. The topological polar surface area (TPSA) is 46.5 Å². The van der Waals surface area contributed by atoms with E-state index in [1.165, 1.54) is 12.1 Å². The van der Waals surface area contributed by atoms with Crippen molar-refractivity contribution in [1.29, 1.82) is 0 Å². The number of nitrogens with zero attached hydrogens (tertiary/aromatic N) is 1. The fourth-order valence-electron chi connectivity index (χ4n) is 0.879. The van der Waals surface area contributed by atoms with Gasteiger partial charge in [-0.05, 0) is 0 Å². The van der Waals surface area contributed by atoms with E-state index in [1.54, 1.807) is 12.1 Å². The van der Waals surface area contributed by atoms with E-state index in [0.29, 0.717) is 0 Å². The van der Waals surface area contributed by atoms with Gasteiger partial charge in [-0.3, -0.25) is 0 Å². The Morgan fingerprint density at radius 2 is 1.60 bits per heavy atom. The molecule has 1 rings (SSSR count). The summed E-state index contributed by atoms with van der Waals surface area (Å²) in [5.41, 5.74) is 0.947. The van der Waals surface area contributed by atoms with Gasteiger partial charge in [0.05, 0.1) is 0 Å². The number of hydrogen-bond donors (Lipinski definition) is 0. The van der Waals surface area contributed by atoms with E-state index in [-0.39, 0.29) is 4.90 Å². The zero-order valence-electron chi connectivity index (χ0n) is 7.56. The van der Waals surface area contributed by atoms with Gasteiger partial charge < -0.3 is 0 Å². The van der Waals surface area contributed by atoms with Crippen LogP contribution in [-0.4, -0.2) is 8.42 Å². The Bertz CT molecular complexity index is 497. The van der Waals surface area contributed by atoms with Crippen LogP contribution in [0.3, 0.4) is 0 Å². The van der Waals surface area contributed by atoms with Crippen LogP contribution in [0, 0.1) is 6.92 Å². The summed E-state index contributed by atoms with van der Waals surface area (Å²) in [6.45, 7) is 1.85. The van der Waals surface area contributed by atoms with E-state index in [9.17, 15) is 8.42 Å². The summed E-state index contributed by atoms with van der Waals surface area (Å²) < 4.78 is 26.4. The van der Waals surface area contributed by atoms with Crippen molar-refractivity contribution in [2.24, 2.45) is 3.20 Å². The van der Waals surface area contributed by atoms with Crippen molar-refractivity contribution in [2.75, 3.05) is 0 Å². The van der Waals surface area contributed by atoms with Crippen molar-refractivity contribution in [3.8, 4) is 0 Å². The Labute approximate surface area is 103 Å². The molecule has 0 radical (unpaired) electrons. The maximum atomic E-state index is 11.6. The number of rotatable bonds is 2. The zero-order valence-corrected chi connectivity index (χ0v) is 12.0. The third kappa shape index (κ3) is 4.43. The average Bonchev–Trinajstić information content (AvgIpc) is 2.00. The van der Waals surface area contributed by atoms with Crippen LogP contribution in [0.15, 0.2) is 32.4 Å². The minimum absolute atomic E-state index is 0.0424. The Hall–Kier alpha value is 0.424. The number of halogens is 3. The molecule has 0 heterocycles. The first-order valence-electron chi connectivity index (χ1n) is 3.75. The molecule has 0 amide bonds. The summed E-state index contributed by atoms with van der Waals surface area (Å²) in [5.74, 6) is 0. The standard InChI is InChI=1S/C7H7NO2S.3ClH.V/c1-6-2-4-7(5-3-6)11(8,9)10;;;;/h2-5H,1H3;3*1H;/q;;;;+3/p-3. The van der Waals surface area contributed by atoms with Crippen LogP contribution < -0.4 is 0 Å². The van der Waals surface area contributed by atoms with Gasteiger partial charge in [-0.25, -0.2) is 0 Å². The molecule has 0 bridgehead atoms. The van der Waals surface area contributed by atoms with E-state index in [4.69, 9.17) is 29.5 Å². The molecule has 0 spiro atoms. The summed E-state index contributed by atoms with van der Waals surface area (Å²) in [6.07, 6.45) is 0. The molecule has 15 heavy (non-hydrogen) atoms. The maximum absolute atomic E-state index is 11.6. The Morgan fingerprint density at radius 1 is 1.13 bits per heavy atom. The first-order chi connectivity index (χ1) is 6.71. The normalized spacial score (nSPS) is 12.5. The van der Waals surface area contributed by atoms with Crippen molar-refractivity contribution in [3.63, 3.8) is 0 Å². The van der Waals surface area contributed by atoms with Crippen molar-refractivity contribution >= 4 is 39.6 Å². The summed E-state index contributed by atoms with van der Waals surface area (Å²) in [5, 5.41) is 0. The molecule has 3 nitrogen and oxygen atoms in total. The Balaban J connectivity index is 3.25. The summed E-state index contributed by atoms with van der Waals surface area (Å²) in [4.78, 5) is 0.0424. The van der Waals surface area contributed by atoms with Gasteiger partial charge in [-0.2, -0.15) is 0 Å². The van der Waals surface area contributed by atoms with Crippen molar-refractivity contribution in [1.82, 2.24) is 0 Å². The van der Waals surface area contributed by atoms with Crippen LogP contribution in [0.1, 0.15) is 5.56 Å². The third-order valence-corrected chi connectivity index (χ3v) is 6.95. The Kier molecular flexibility index (Phi) is 4.26. The van der Waals surface area contributed by atoms with Crippen molar-refractivity contribution < 1.29 is 19.4 Å². The second-order valence-corrected chi connectivity index (χ2v) is 14.6. The molecular formula is C7H7Cl3NO2SV. The van der Waals surface area contributed by atoms with E-state index >= 15 is 0 Å². The monoisotopic (exact) mass is 325 g/mol. The van der Waals surface area contributed by atoms with E-state index in [0.717, 1.165) is 5.56 Å². The zero-order chi connectivity index (χ0) is 11.7. The molecule has 0 aliphatic carbocycles. The molecule has 0 saturated heterocycles. The van der Waals surface area contributed by atoms with E-state index in [1.807, 2.05) is 6.92 Å². The third-order valence-electron chi connectivity index (χ3n) is 1.52. The van der Waals surface area contributed by atoms with Gasteiger partial charge in [-0.1, -0.05) is 0 Å². The van der Waals surface area contributed by atoms with Gasteiger partial charge in [0.1, 0.15) is 0 Å². The molecule has 0 N–H and O–H groups in total. The molecule has 1 aromatic carbocycles. The number of sulfonamides is 1. The second-order valence-electron chi connectivity index (χ2n) is 2.79. The van der Waals surface area contributed by atoms with Gasteiger partial charge in [0.2, 0.25) is 0 Å². The molecule has 0 saturated carbocycles. The van der Waals surface area contributed by atoms with Crippen LogP contribution in [0.5, 0.6) is 0 Å². The minimum atomic E-state index is -3.86. The first kappa shape index (κ1) is 13.5. The first-order valence-corrected chi connectivity index (χ1v) is 11.6. The van der Waals surface area contributed by atoms with Gasteiger partial charge in [0.25, 0.3) is 0 Å². The molecule has 1 aromatic rings. The van der Waals surface area contributed by atoms with Crippen molar-refractivity contribution in [2.45, 2.75) is 11.8 Å². The number of hydrogen-bond acceptors (Lipinski definition) is 2. The predicted molar refractivity (Wildman–Crippen MR) is 58.4 cm³/mol. The van der Waals surface area contributed by atoms with Crippen LogP contribution >= 0.6 is 29.5 Å². The SMILES string of the molecule is Cc1ccc(S(=O)(=O)[N]=[V]([Cl])([Cl])[Cl])cc1. The average molecular weight is 327 g/mol. The Morgan fingerprint density at radius 3 is 2.00 bits per heavy atom. The van der Waals surface area contributed by atoms with Crippen LogP contribution in [0.2, 0.25) is 0 Å². The number of benzene rings is 1. The van der Waals surface area contributed by atoms with Gasteiger partial charge in [-0.15, -0.1) is 0 Å². The molecular weight excluding hydrogens is 319 g/mol. The summed E-state index contributed by atoms with van der Waals surface area (Å²) in [6, 6.07) is 6.19. The van der Waals surface area contributed by atoms with Gasteiger partial charge in [0.15, 0.2) is 0 Å². The molecule has 0 fully saturated rings. The molecule has 0 aromatic heterocycles. The van der Waals surface area contributed by atoms with Gasteiger partial charge >= 0.3 is 104 Å². The van der Waals surface area contributed by atoms with Crippen LogP contribution in [0.25, 0.3) is 0 Å². The fourth-order valence-corrected chi connectivity index (χ4v) is 6.30. The summed E-state index contributed by atoms with van der Waals surface area (Å²) >= 11 is 0. The van der Waals surface area contributed by atoms with Crippen LogP contribution in [-0.2, 0) is 21.0 Å². The van der Waals surface area contributed by atoms with Gasteiger partial charge in [0, 0.05) is 0 Å². The number of aryl methyl sites for hydroxylation is 1. The fraction of sp³-hybridized carbons (Fsp3) is 0.143. The predicted octanol–water partition coefficient (Wildman–Crippen LogP) is 3.48. The second kappa shape index (κ2) is 4.74. The molecule has 8 heteroatoms. The summed E-state index contributed by atoms with van der Waals surface area (Å²) in [7, 11) is 8.68. The molecule has 0 aliphatic heterocycles. The molecule has 84 valence electrons. The molecule has 0 unspecified atom stereocenters. The quantitative estimate of drug-likeness (QED) is 0.835. The molecule has 0 atom stereocenters. The van der Waals surface area contributed by atoms with Crippen molar-refractivity contribution in [3.05, 3.63) is 29.8 Å². The van der Waals surface area contributed by atoms with Crippen LogP contribution in [0.4, 0.5) is 0 Å². The van der Waals surface area contributed by atoms with E-state index in [2.05, 4.69) is 3.20 Å².